The Morgan fingerprint density at radius 1 is 1.08 bits per heavy atom. The van der Waals surface area contributed by atoms with E-state index in [-0.39, 0.29) is 43.5 Å². The molecule has 10 nitrogen and oxygen atoms in total. The van der Waals surface area contributed by atoms with E-state index in [2.05, 4.69) is 34.4 Å². The molecule has 2 bridgehead atoms. The number of halogens is 1. The highest BCUT2D eigenvalue weighted by Gasteiger charge is 2.76. The minimum absolute atomic E-state index is 0.101. The number of ether oxygens (including phenoxy) is 2. The molecule has 7 atom stereocenters. The zero-order chi connectivity index (χ0) is 34.7. The van der Waals surface area contributed by atoms with Crippen LogP contribution >= 0.6 is 15.9 Å². The third kappa shape index (κ3) is 6.42. The van der Waals surface area contributed by atoms with E-state index >= 15 is 0 Å². The summed E-state index contributed by atoms with van der Waals surface area (Å²) in [4.78, 5) is 58.4. The van der Waals surface area contributed by atoms with E-state index in [1.165, 1.54) is 4.90 Å². The molecule has 0 saturated carbocycles. The smallest absolute Gasteiger partial charge is 0.306 e. The van der Waals surface area contributed by atoms with Crippen molar-refractivity contribution in [3.63, 3.8) is 0 Å². The molecule has 11 heteroatoms. The maximum Gasteiger partial charge on any atom is 0.306 e. The molecule has 1 spiro atoms. The van der Waals surface area contributed by atoms with Crippen LogP contribution in [-0.2, 0) is 28.7 Å². The molecule has 3 amide bonds. The summed E-state index contributed by atoms with van der Waals surface area (Å²) in [5.74, 6) is -3.57. The Kier molecular flexibility index (Phi) is 10.3. The van der Waals surface area contributed by atoms with Gasteiger partial charge in [0.05, 0.1) is 30.6 Å². The maximum atomic E-state index is 14.8. The zero-order valence-corrected chi connectivity index (χ0v) is 28.7. The molecule has 3 aromatic rings. The standard InChI is InChI=1S/C38H40BrN3O7/c1-3-5-15-30(44)48-23-29(25-12-7-6-8-13-25)40-35(45)31-32-36(46)42(19-20-43)34(38(32)22-28(39)33(31)49-38)37(47)41(18-4-2)27-17-16-24-11-9-10-14-26(24)21-27/h3-4,6-14,16-17,21,28-29,31-34,43H,1-2,5,15,18-20,22-23H2,(H,40,45)/t28?,29-,31+,32-,33+,34+,38-/m0/s1. The lowest BCUT2D eigenvalue weighted by molar-refractivity contribution is -0.146. The number of β-amino-alcohol motifs (C(OH)–C–C–N with tert-alkyl or cyclic N) is 1. The van der Waals surface area contributed by atoms with Crippen LogP contribution in [0.15, 0.2) is 98.1 Å². The van der Waals surface area contributed by atoms with Crippen LogP contribution in [0.4, 0.5) is 5.69 Å². The number of amides is 3. The van der Waals surface area contributed by atoms with Crippen LogP contribution in [0.1, 0.15) is 30.9 Å². The number of carbonyl (C=O) groups is 4. The molecule has 49 heavy (non-hydrogen) atoms. The molecule has 0 radical (unpaired) electrons. The van der Waals surface area contributed by atoms with E-state index in [1.807, 2.05) is 72.8 Å². The predicted molar refractivity (Wildman–Crippen MR) is 189 cm³/mol. The number of nitrogens with zero attached hydrogens (tertiary/aromatic N) is 2. The summed E-state index contributed by atoms with van der Waals surface area (Å²) in [5, 5.41) is 15.1. The first kappa shape index (κ1) is 34.5. The van der Waals surface area contributed by atoms with Crippen molar-refractivity contribution in [2.24, 2.45) is 11.8 Å². The number of anilines is 1. The Balaban J connectivity index is 1.32. The van der Waals surface area contributed by atoms with Gasteiger partial charge in [0, 0.05) is 30.0 Å². The summed E-state index contributed by atoms with van der Waals surface area (Å²) in [6, 6.07) is 20.9. The number of nitrogens with one attached hydrogen (secondary N) is 1. The number of benzene rings is 3. The molecule has 3 aliphatic heterocycles. The zero-order valence-electron chi connectivity index (χ0n) is 27.1. The van der Waals surface area contributed by atoms with Gasteiger partial charge in [-0.3, -0.25) is 19.2 Å². The number of aliphatic hydroxyl groups excluding tert-OH is 1. The van der Waals surface area contributed by atoms with Gasteiger partial charge in [-0.05, 0) is 41.3 Å². The van der Waals surface area contributed by atoms with E-state index in [1.54, 1.807) is 17.1 Å². The van der Waals surface area contributed by atoms with Crippen LogP contribution in [-0.4, -0.2) is 82.6 Å². The van der Waals surface area contributed by atoms with Crippen LogP contribution in [0.3, 0.4) is 0 Å². The highest BCUT2D eigenvalue weighted by Crippen LogP contribution is 2.60. The first-order valence-corrected chi connectivity index (χ1v) is 17.4. The van der Waals surface area contributed by atoms with Crippen LogP contribution in [0, 0.1) is 11.8 Å². The van der Waals surface area contributed by atoms with Crippen LogP contribution in [0.2, 0.25) is 0 Å². The van der Waals surface area contributed by atoms with E-state index < -0.39 is 53.4 Å². The van der Waals surface area contributed by atoms with Gasteiger partial charge in [0.15, 0.2) is 0 Å². The van der Waals surface area contributed by atoms with E-state index in [9.17, 15) is 24.3 Å². The fraction of sp³-hybridized carbons (Fsp3) is 0.368. The van der Waals surface area contributed by atoms with Gasteiger partial charge in [-0.25, -0.2) is 0 Å². The number of hydrogen-bond donors (Lipinski definition) is 2. The van der Waals surface area contributed by atoms with Gasteiger partial charge >= 0.3 is 5.97 Å². The predicted octanol–water partition coefficient (Wildman–Crippen LogP) is 4.47. The largest absolute Gasteiger partial charge is 0.463 e. The Labute approximate surface area is 293 Å². The Morgan fingerprint density at radius 3 is 2.53 bits per heavy atom. The molecular weight excluding hydrogens is 690 g/mol. The second-order valence-electron chi connectivity index (χ2n) is 12.7. The van der Waals surface area contributed by atoms with Crippen LogP contribution < -0.4 is 10.2 Å². The van der Waals surface area contributed by atoms with Crippen molar-refractivity contribution in [2.75, 3.05) is 31.2 Å². The van der Waals surface area contributed by atoms with Crippen molar-refractivity contribution in [2.45, 2.75) is 47.9 Å². The summed E-state index contributed by atoms with van der Waals surface area (Å²) in [5.41, 5.74) is 0.0370. The number of fused-ring (bicyclic) bond motifs is 2. The van der Waals surface area contributed by atoms with Gasteiger partial charge in [0.25, 0.3) is 5.91 Å². The van der Waals surface area contributed by atoms with Gasteiger partial charge in [-0.15, -0.1) is 13.2 Å². The van der Waals surface area contributed by atoms with Crippen molar-refractivity contribution in [1.82, 2.24) is 10.2 Å². The minimum Gasteiger partial charge on any atom is -0.463 e. The van der Waals surface area contributed by atoms with Crippen molar-refractivity contribution >= 4 is 56.1 Å². The molecule has 6 rings (SSSR count). The lowest BCUT2D eigenvalue weighted by Crippen LogP contribution is -2.57. The van der Waals surface area contributed by atoms with Gasteiger partial charge in [-0.2, -0.15) is 0 Å². The Morgan fingerprint density at radius 2 is 1.82 bits per heavy atom. The molecule has 3 aromatic carbocycles. The summed E-state index contributed by atoms with van der Waals surface area (Å²) < 4.78 is 12.2. The number of alkyl halides is 1. The third-order valence-corrected chi connectivity index (χ3v) is 10.6. The second-order valence-corrected chi connectivity index (χ2v) is 13.8. The number of likely N-dealkylation sites (tertiary alicyclic amines) is 1. The normalized spacial score (nSPS) is 25.9. The first-order valence-electron chi connectivity index (χ1n) is 16.5. The molecule has 1 unspecified atom stereocenters. The fourth-order valence-electron chi connectivity index (χ4n) is 7.64. The molecule has 3 aliphatic rings. The van der Waals surface area contributed by atoms with Gasteiger partial charge in [-0.1, -0.05) is 88.7 Å². The van der Waals surface area contributed by atoms with E-state index in [0.717, 1.165) is 16.3 Å². The molecule has 3 saturated heterocycles. The van der Waals surface area contributed by atoms with E-state index in [0.29, 0.717) is 18.5 Å². The maximum absolute atomic E-state index is 14.8. The number of esters is 1. The SMILES string of the molecule is C=CCCC(=O)OC[C@H](NC(=O)[C@H]1[C@@H]2O[C@@]3(CC2Br)[C@@H]1C(=O)N(CCO)[C@@H]3C(=O)N(CC=C)c1ccc2ccccc2c1)c1ccccc1. The van der Waals surface area contributed by atoms with Crippen molar-refractivity contribution < 1.29 is 33.8 Å². The number of hydrogen-bond acceptors (Lipinski definition) is 7. The number of rotatable bonds is 14. The monoisotopic (exact) mass is 729 g/mol. The number of allylic oxidation sites excluding steroid dienone is 1. The lowest BCUT2D eigenvalue weighted by atomic mass is 9.70. The summed E-state index contributed by atoms with van der Waals surface area (Å²) in [7, 11) is 0. The second kappa shape index (κ2) is 14.7. The Hall–Kier alpha value is -4.32. The molecule has 0 aromatic heterocycles. The van der Waals surface area contributed by atoms with Crippen molar-refractivity contribution in [3.05, 3.63) is 104 Å². The molecule has 3 fully saturated rings. The fourth-order valence-corrected chi connectivity index (χ4v) is 8.59. The molecule has 0 aliphatic carbocycles. The number of carbonyl (C=O) groups excluding carboxylic acids is 4. The third-order valence-electron chi connectivity index (χ3n) is 9.77. The quantitative estimate of drug-likeness (QED) is 0.143. The molecule has 3 heterocycles. The molecule has 2 N–H and O–H groups in total. The highest BCUT2D eigenvalue weighted by molar-refractivity contribution is 9.09. The summed E-state index contributed by atoms with van der Waals surface area (Å²) in [6.45, 7) is 7.11. The van der Waals surface area contributed by atoms with E-state index in [4.69, 9.17) is 9.47 Å². The topological polar surface area (TPSA) is 125 Å². The number of aliphatic hydroxyl groups is 1. The lowest BCUT2D eigenvalue weighted by Gasteiger charge is -2.37. The summed E-state index contributed by atoms with van der Waals surface area (Å²) >= 11 is 3.71. The van der Waals surface area contributed by atoms with Gasteiger partial charge in [0.1, 0.15) is 18.2 Å². The molecule has 256 valence electrons. The van der Waals surface area contributed by atoms with Gasteiger partial charge < -0.3 is 29.7 Å². The minimum atomic E-state index is -1.32. The highest BCUT2D eigenvalue weighted by atomic mass is 79.9. The summed E-state index contributed by atoms with van der Waals surface area (Å²) in [6.07, 6.45) is 3.52. The molecular formula is C38H40BrN3O7. The van der Waals surface area contributed by atoms with Crippen LogP contribution in [0.25, 0.3) is 10.8 Å². The average Bonchev–Trinajstić information content (AvgIpc) is 3.71. The Bertz CT molecular complexity index is 1750. The average molecular weight is 731 g/mol. The first-order chi connectivity index (χ1) is 23.7. The van der Waals surface area contributed by atoms with Crippen LogP contribution in [0.5, 0.6) is 0 Å². The van der Waals surface area contributed by atoms with Gasteiger partial charge in [0.2, 0.25) is 11.8 Å². The van der Waals surface area contributed by atoms with Crippen molar-refractivity contribution in [3.8, 4) is 0 Å². The van der Waals surface area contributed by atoms with Crippen molar-refractivity contribution in [1.29, 1.82) is 0 Å².